The van der Waals surface area contributed by atoms with Crippen LogP contribution >= 0.6 is 11.6 Å². The largest absolute Gasteiger partial charge is 0.350 e. The van der Waals surface area contributed by atoms with Gasteiger partial charge >= 0.3 is 0 Å². The van der Waals surface area contributed by atoms with Crippen LogP contribution in [0.5, 0.6) is 0 Å². The van der Waals surface area contributed by atoms with E-state index < -0.39 is 0 Å². The zero-order chi connectivity index (χ0) is 18.0. The smallest absolute Gasteiger partial charge is 0.268 e. The predicted octanol–water partition coefficient (Wildman–Crippen LogP) is 4.73. The number of nitrogens with one attached hydrogen (secondary N) is 1. The lowest BCUT2D eigenvalue weighted by Crippen LogP contribution is -2.28. The molecule has 3 nitrogen and oxygen atoms in total. The van der Waals surface area contributed by atoms with E-state index in [1.165, 1.54) is 12.1 Å². The Morgan fingerprint density at radius 1 is 1.20 bits per heavy atom. The lowest BCUT2D eigenvalue weighted by Gasteiger charge is -2.10. The molecule has 0 saturated carbocycles. The Hall–Kier alpha value is -2.33. The maximum Gasteiger partial charge on any atom is 0.268 e. The first-order chi connectivity index (χ1) is 12.0. The number of nitrogens with zero attached hydrogens (tertiary/aromatic N) is 1. The van der Waals surface area contributed by atoms with E-state index in [-0.39, 0.29) is 11.7 Å². The van der Waals surface area contributed by atoms with Crippen molar-refractivity contribution in [3.8, 4) is 0 Å². The van der Waals surface area contributed by atoms with Gasteiger partial charge in [-0.15, -0.1) is 0 Å². The summed E-state index contributed by atoms with van der Waals surface area (Å²) in [6.07, 6.45) is 0.656. The molecular weight excluding hydrogens is 339 g/mol. The number of rotatable bonds is 5. The SMILES string of the molecule is CCn1c(C(=O)NCCc2ccc(F)cc2)c(C)c2cc(Cl)ccc21. The minimum absolute atomic E-state index is 0.103. The second-order valence-corrected chi connectivity index (χ2v) is 6.45. The highest BCUT2D eigenvalue weighted by atomic mass is 35.5. The molecule has 0 atom stereocenters. The predicted molar refractivity (Wildman–Crippen MR) is 99.8 cm³/mol. The topological polar surface area (TPSA) is 34.0 Å². The van der Waals surface area contributed by atoms with Crippen LogP contribution in [0.3, 0.4) is 0 Å². The number of carbonyl (C=O) groups excluding carboxylic acids is 1. The molecule has 1 N–H and O–H groups in total. The van der Waals surface area contributed by atoms with E-state index in [2.05, 4.69) is 5.32 Å². The van der Waals surface area contributed by atoms with Gasteiger partial charge in [0, 0.05) is 29.0 Å². The Bertz CT molecular complexity index is 916. The normalized spacial score (nSPS) is 11.0. The van der Waals surface area contributed by atoms with Gasteiger partial charge in [-0.3, -0.25) is 4.79 Å². The summed E-state index contributed by atoms with van der Waals surface area (Å²) in [5.74, 6) is -0.358. The summed E-state index contributed by atoms with van der Waals surface area (Å²) in [5.41, 5.74) is 3.59. The average molecular weight is 359 g/mol. The summed E-state index contributed by atoms with van der Waals surface area (Å²) in [4.78, 5) is 12.7. The zero-order valence-electron chi connectivity index (χ0n) is 14.3. The Balaban J connectivity index is 1.79. The molecule has 2 aromatic carbocycles. The summed E-state index contributed by atoms with van der Waals surface area (Å²) in [6, 6.07) is 12.0. The number of halogens is 2. The van der Waals surface area contributed by atoms with Crippen LogP contribution < -0.4 is 5.32 Å². The number of aryl methyl sites for hydroxylation is 2. The fourth-order valence-electron chi connectivity index (χ4n) is 3.17. The molecule has 0 unspecified atom stereocenters. The first-order valence-electron chi connectivity index (χ1n) is 8.32. The second-order valence-electron chi connectivity index (χ2n) is 6.01. The molecule has 0 aliphatic heterocycles. The van der Waals surface area contributed by atoms with E-state index in [9.17, 15) is 9.18 Å². The van der Waals surface area contributed by atoms with E-state index >= 15 is 0 Å². The lowest BCUT2D eigenvalue weighted by molar-refractivity contribution is 0.0945. The van der Waals surface area contributed by atoms with Crippen LogP contribution in [0, 0.1) is 12.7 Å². The van der Waals surface area contributed by atoms with E-state index in [0.717, 1.165) is 22.0 Å². The van der Waals surface area contributed by atoms with Crippen LogP contribution in [-0.2, 0) is 13.0 Å². The Morgan fingerprint density at radius 3 is 2.60 bits per heavy atom. The first kappa shape index (κ1) is 17.5. The van der Waals surface area contributed by atoms with Gasteiger partial charge in [0.25, 0.3) is 5.91 Å². The number of hydrogen-bond acceptors (Lipinski definition) is 1. The van der Waals surface area contributed by atoms with E-state index in [4.69, 9.17) is 11.6 Å². The Morgan fingerprint density at radius 2 is 1.92 bits per heavy atom. The van der Waals surface area contributed by atoms with Crippen molar-refractivity contribution in [3.63, 3.8) is 0 Å². The zero-order valence-corrected chi connectivity index (χ0v) is 15.0. The van der Waals surface area contributed by atoms with Gasteiger partial charge in [0.1, 0.15) is 11.5 Å². The minimum Gasteiger partial charge on any atom is -0.350 e. The van der Waals surface area contributed by atoms with Crippen molar-refractivity contribution in [1.82, 2.24) is 9.88 Å². The monoisotopic (exact) mass is 358 g/mol. The molecule has 1 aromatic heterocycles. The van der Waals surface area contributed by atoms with Crippen molar-refractivity contribution in [2.24, 2.45) is 0 Å². The molecule has 3 rings (SSSR count). The van der Waals surface area contributed by atoms with Crippen LogP contribution in [0.4, 0.5) is 4.39 Å². The standard InChI is InChI=1S/C20H20ClFN2O/c1-3-24-18-9-6-15(21)12-17(18)13(2)19(24)20(25)23-11-10-14-4-7-16(22)8-5-14/h4-9,12H,3,10-11H2,1-2H3,(H,23,25). The molecule has 5 heteroatoms. The molecule has 0 spiro atoms. The van der Waals surface area contributed by atoms with Crippen LogP contribution in [-0.4, -0.2) is 17.0 Å². The Labute approximate surface area is 151 Å². The maximum absolute atomic E-state index is 12.9. The summed E-state index contributed by atoms with van der Waals surface area (Å²) in [7, 11) is 0. The molecule has 130 valence electrons. The number of carbonyl (C=O) groups is 1. The number of benzene rings is 2. The van der Waals surface area contributed by atoms with E-state index in [1.807, 2.05) is 36.6 Å². The average Bonchev–Trinajstić information content (AvgIpc) is 2.88. The van der Waals surface area contributed by atoms with Crippen molar-refractivity contribution >= 4 is 28.4 Å². The van der Waals surface area contributed by atoms with E-state index in [1.54, 1.807) is 12.1 Å². The Kier molecular flexibility index (Phi) is 5.09. The van der Waals surface area contributed by atoms with Crippen LogP contribution in [0.2, 0.25) is 5.02 Å². The number of aromatic nitrogens is 1. The van der Waals surface area contributed by atoms with Gasteiger partial charge in [0.05, 0.1) is 0 Å². The van der Waals surface area contributed by atoms with Gasteiger partial charge in [-0.25, -0.2) is 4.39 Å². The maximum atomic E-state index is 12.9. The van der Waals surface area contributed by atoms with Crippen molar-refractivity contribution in [3.05, 3.63) is 70.1 Å². The van der Waals surface area contributed by atoms with Crippen molar-refractivity contribution in [1.29, 1.82) is 0 Å². The number of fused-ring (bicyclic) bond motifs is 1. The van der Waals surface area contributed by atoms with Crippen molar-refractivity contribution in [2.45, 2.75) is 26.8 Å². The quantitative estimate of drug-likeness (QED) is 0.702. The van der Waals surface area contributed by atoms with Crippen LogP contribution in [0.25, 0.3) is 10.9 Å². The second kappa shape index (κ2) is 7.28. The third-order valence-electron chi connectivity index (χ3n) is 4.42. The molecule has 0 aliphatic carbocycles. The van der Waals surface area contributed by atoms with Gasteiger partial charge in [-0.05, 0) is 61.7 Å². The van der Waals surface area contributed by atoms with Crippen molar-refractivity contribution in [2.75, 3.05) is 6.54 Å². The first-order valence-corrected chi connectivity index (χ1v) is 8.70. The number of amides is 1. The third kappa shape index (κ3) is 3.54. The van der Waals surface area contributed by atoms with Gasteiger partial charge < -0.3 is 9.88 Å². The van der Waals surface area contributed by atoms with Gasteiger partial charge in [-0.2, -0.15) is 0 Å². The summed E-state index contributed by atoms with van der Waals surface area (Å²) in [6.45, 7) is 5.16. The van der Waals surface area contributed by atoms with Gasteiger partial charge in [0.2, 0.25) is 0 Å². The lowest BCUT2D eigenvalue weighted by atomic mass is 10.1. The molecule has 1 heterocycles. The minimum atomic E-state index is -0.255. The highest BCUT2D eigenvalue weighted by Crippen LogP contribution is 2.28. The summed E-state index contributed by atoms with van der Waals surface area (Å²) in [5, 5.41) is 4.62. The molecule has 0 bridgehead atoms. The summed E-state index contributed by atoms with van der Waals surface area (Å²) < 4.78 is 14.9. The van der Waals surface area contributed by atoms with Gasteiger partial charge in [-0.1, -0.05) is 23.7 Å². The molecule has 0 radical (unpaired) electrons. The van der Waals surface area contributed by atoms with Crippen LogP contribution in [0.15, 0.2) is 42.5 Å². The molecule has 25 heavy (non-hydrogen) atoms. The van der Waals surface area contributed by atoms with Crippen LogP contribution in [0.1, 0.15) is 28.5 Å². The molecule has 0 aliphatic rings. The van der Waals surface area contributed by atoms with E-state index in [0.29, 0.717) is 30.2 Å². The van der Waals surface area contributed by atoms with Gasteiger partial charge in [0.15, 0.2) is 0 Å². The summed E-state index contributed by atoms with van der Waals surface area (Å²) >= 11 is 6.10. The molecule has 0 fully saturated rings. The molecular formula is C20H20ClFN2O. The highest BCUT2D eigenvalue weighted by molar-refractivity contribution is 6.31. The molecule has 0 saturated heterocycles. The fraction of sp³-hybridized carbons (Fsp3) is 0.250. The highest BCUT2D eigenvalue weighted by Gasteiger charge is 2.19. The third-order valence-corrected chi connectivity index (χ3v) is 4.66. The molecule has 1 amide bonds. The number of hydrogen-bond donors (Lipinski definition) is 1. The molecule has 3 aromatic rings. The van der Waals surface area contributed by atoms with Crippen molar-refractivity contribution < 1.29 is 9.18 Å². The fourth-order valence-corrected chi connectivity index (χ4v) is 3.34.